The van der Waals surface area contributed by atoms with Crippen LogP contribution in [-0.2, 0) is 0 Å². The molecule has 286 valence electrons. The molecule has 0 bridgehead atoms. The summed E-state index contributed by atoms with van der Waals surface area (Å²) in [6.45, 7) is 0. The van der Waals surface area contributed by atoms with E-state index in [0.29, 0.717) is 11.8 Å². The summed E-state index contributed by atoms with van der Waals surface area (Å²) in [6.07, 6.45) is 12.9. The molecule has 0 saturated heterocycles. The van der Waals surface area contributed by atoms with Gasteiger partial charge in [0.05, 0.1) is 22.1 Å². The van der Waals surface area contributed by atoms with E-state index in [2.05, 4.69) is 118 Å². The molecule has 2 aliphatic carbocycles. The minimum absolute atomic E-state index is 0.234. The van der Waals surface area contributed by atoms with Crippen molar-refractivity contribution in [2.24, 2.45) is 0 Å². The molecule has 0 amide bonds. The van der Waals surface area contributed by atoms with Crippen LogP contribution in [0, 0.1) is 0 Å². The molecule has 58 heavy (non-hydrogen) atoms. The normalized spacial score (nSPS) is 15.6. The van der Waals surface area contributed by atoms with Gasteiger partial charge in [0.25, 0.3) is 0 Å². The Hall–Kier alpha value is -6.26. The van der Waals surface area contributed by atoms with Crippen LogP contribution in [0.4, 0.5) is 0 Å². The number of phenolic OH excluding ortho intramolecular Hbond substituents is 2. The number of para-hydroxylation sites is 2. The van der Waals surface area contributed by atoms with E-state index in [9.17, 15) is 10.2 Å². The van der Waals surface area contributed by atoms with Gasteiger partial charge in [-0.05, 0) is 120 Å². The number of hydrogen-bond acceptors (Lipinski definition) is 2. The van der Waals surface area contributed by atoms with Crippen molar-refractivity contribution in [3.63, 3.8) is 0 Å². The third-order valence-electron chi connectivity index (χ3n) is 13.4. The first-order valence-corrected chi connectivity index (χ1v) is 21.4. The van der Waals surface area contributed by atoms with Crippen LogP contribution >= 0.6 is 0 Å². The molecule has 2 aromatic heterocycles. The number of hydrogen-bond donors (Lipinski definition) is 2. The van der Waals surface area contributed by atoms with E-state index in [0.717, 1.165) is 77.2 Å². The third kappa shape index (κ3) is 5.72. The van der Waals surface area contributed by atoms with E-state index < -0.39 is 0 Å². The van der Waals surface area contributed by atoms with Gasteiger partial charge in [-0.3, -0.25) is 0 Å². The predicted molar refractivity (Wildman–Crippen MR) is 241 cm³/mol. The lowest BCUT2D eigenvalue weighted by molar-refractivity contribution is 0.443. The molecule has 0 aliphatic heterocycles. The fourth-order valence-electron chi connectivity index (χ4n) is 10.8. The van der Waals surface area contributed by atoms with Crippen LogP contribution in [0.3, 0.4) is 0 Å². The molecule has 11 rings (SSSR count). The monoisotopic (exact) mass is 756 g/mol. The Morgan fingerprint density at radius 3 is 1.19 bits per heavy atom. The maximum Gasteiger partial charge on any atom is 0.116 e. The van der Waals surface area contributed by atoms with E-state index in [4.69, 9.17) is 0 Å². The largest absolute Gasteiger partial charge is 0.508 e. The van der Waals surface area contributed by atoms with Gasteiger partial charge >= 0.3 is 0 Å². The lowest BCUT2D eigenvalue weighted by atomic mass is 9.84. The van der Waals surface area contributed by atoms with Crippen LogP contribution in [0.2, 0.25) is 0 Å². The molecule has 4 nitrogen and oxygen atoms in total. The van der Waals surface area contributed by atoms with Gasteiger partial charge < -0.3 is 19.3 Å². The standard InChI is InChI=1S/C54H48N2O2/c57-43-19-11-17-39(33-43)49-52-46-22-8-10-24-48(46)56(42-31-27-38(28-32-42)36-15-5-2-6-16-36)54(52)50(40-18-12-20-44(58)34-40)51-45-21-7-9-23-47(45)55(53(49)51)41-29-25-37(26-30-41)35-13-3-1-4-14-35/h7-12,17-36,57-58H,1-6,13-16H2. The van der Waals surface area contributed by atoms with Crippen molar-refractivity contribution in [1.82, 2.24) is 9.13 Å². The number of rotatable bonds is 6. The van der Waals surface area contributed by atoms with Gasteiger partial charge in [0.1, 0.15) is 11.5 Å². The SMILES string of the molecule is Oc1cccc(-c2c3c4ccccc4n(-c4ccc(C5CCCCC5)cc4)c3c(-c3cccc(O)c3)c3c4ccccc4n(-c4ccc(C5CCCCC5)cc4)c23)c1. The highest BCUT2D eigenvalue weighted by molar-refractivity contribution is 6.33. The molecule has 2 aliphatic rings. The van der Waals surface area contributed by atoms with E-state index in [1.807, 2.05) is 24.3 Å². The van der Waals surface area contributed by atoms with Gasteiger partial charge in [-0.1, -0.05) is 123 Å². The maximum atomic E-state index is 11.2. The summed E-state index contributed by atoms with van der Waals surface area (Å²) in [5.74, 6) is 1.70. The fourth-order valence-corrected chi connectivity index (χ4v) is 10.8. The molecular formula is C54H48N2O2. The highest BCUT2D eigenvalue weighted by atomic mass is 16.3. The second-order valence-electron chi connectivity index (χ2n) is 16.9. The van der Waals surface area contributed by atoms with Crippen LogP contribution < -0.4 is 0 Å². The lowest BCUT2D eigenvalue weighted by Crippen LogP contribution is -2.05. The highest BCUT2D eigenvalue weighted by Gasteiger charge is 2.29. The van der Waals surface area contributed by atoms with Crippen LogP contribution in [0.5, 0.6) is 11.5 Å². The number of phenols is 2. The maximum absolute atomic E-state index is 11.2. The molecule has 4 heteroatoms. The zero-order chi connectivity index (χ0) is 38.7. The topological polar surface area (TPSA) is 50.3 Å². The molecular weight excluding hydrogens is 709 g/mol. The Morgan fingerprint density at radius 2 is 0.793 bits per heavy atom. The molecule has 2 saturated carbocycles. The van der Waals surface area contributed by atoms with E-state index >= 15 is 0 Å². The van der Waals surface area contributed by atoms with Crippen molar-refractivity contribution in [3.8, 4) is 45.1 Å². The minimum atomic E-state index is 0.234. The van der Waals surface area contributed by atoms with Crippen LogP contribution in [-0.4, -0.2) is 19.3 Å². The number of nitrogens with zero attached hydrogens (tertiary/aromatic N) is 2. The zero-order valence-corrected chi connectivity index (χ0v) is 32.9. The van der Waals surface area contributed by atoms with E-state index in [1.165, 1.54) is 75.3 Å². The fraction of sp³-hybridized carbons (Fsp3) is 0.222. The molecule has 0 atom stereocenters. The highest BCUT2D eigenvalue weighted by Crippen LogP contribution is 2.52. The van der Waals surface area contributed by atoms with Crippen molar-refractivity contribution in [2.45, 2.75) is 76.0 Å². The van der Waals surface area contributed by atoms with Crippen LogP contribution in [0.15, 0.2) is 146 Å². The Labute approximate surface area is 339 Å². The van der Waals surface area contributed by atoms with Crippen LogP contribution in [0.25, 0.3) is 77.2 Å². The Kier molecular flexibility index (Phi) is 8.61. The molecule has 0 radical (unpaired) electrons. The zero-order valence-electron chi connectivity index (χ0n) is 32.9. The molecule has 0 unspecified atom stereocenters. The van der Waals surface area contributed by atoms with Gasteiger partial charge in [0, 0.05) is 44.0 Å². The number of aromatic nitrogens is 2. The smallest absolute Gasteiger partial charge is 0.116 e. The predicted octanol–water partition coefficient (Wildman–Crippen LogP) is 14.7. The average Bonchev–Trinajstić information content (AvgIpc) is 3.80. The van der Waals surface area contributed by atoms with Gasteiger partial charge in [-0.25, -0.2) is 0 Å². The Bertz CT molecular complexity index is 2770. The van der Waals surface area contributed by atoms with E-state index in [1.54, 1.807) is 12.1 Å². The van der Waals surface area contributed by atoms with E-state index in [-0.39, 0.29) is 11.5 Å². The number of benzene rings is 7. The summed E-state index contributed by atoms with van der Waals surface area (Å²) in [4.78, 5) is 0. The quantitative estimate of drug-likeness (QED) is 0.177. The van der Waals surface area contributed by atoms with Gasteiger partial charge in [0.15, 0.2) is 0 Å². The van der Waals surface area contributed by atoms with Crippen LogP contribution in [0.1, 0.15) is 87.2 Å². The number of fused-ring (bicyclic) bond motifs is 6. The van der Waals surface area contributed by atoms with Crippen molar-refractivity contribution in [3.05, 3.63) is 157 Å². The molecule has 0 spiro atoms. The van der Waals surface area contributed by atoms with Crippen molar-refractivity contribution in [1.29, 1.82) is 0 Å². The molecule has 7 aromatic carbocycles. The first-order valence-electron chi connectivity index (χ1n) is 21.4. The molecule has 2 N–H and O–H groups in total. The first kappa shape index (κ1) is 34.9. The summed E-state index contributed by atoms with van der Waals surface area (Å²) in [5, 5.41) is 26.8. The summed E-state index contributed by atoms with van der Waals surface area (Å²) in [6, 6.07) is 51.8. The van der Waals surface area contributed by atoms with Gasteiger partial charge in [-0.2, -0.15) is 0 Å². The minimum Gasteiger partial charge on any atom is -0.508 e. The van der Waals surface area contributed by atoms with Crippen molar-refractivity contribution < 1.29 is 10.2 Å². The Balaban J connectivity index is 1.31. The molecule has 2 heterocycles. The summed E-state index contributed by atoms with van der Waals surface area (Å²) >= 11 is 0. The average molecular weight is 757 g/mol. The first-order chi connectivity index (χ1) is 28.6. The van der Waals surface area contributed by atoms with Crippen molar-refractivity contribution >= 4 is 43.6 Å². The molecule has 9 aromatic rings. The second-order valence-corrected chi connectivity index (χ2v) is 16.9. The summed E-state index contributed by atoms with van der Waals surface area (Å²) < 4.78 is 4.90. The third-order valence-corrected chi connectivity index (χ3v) is 13.4. The second kappa shape index (κ2) is 14.3. The van der Waals surface area contributed by atoms with Crippen molar-refractivity contribution in [2.75, 3.05) is 0 Å². The lowest BCUT2D eigenvalue weighted by Gasteiger charge is -2.23. The molecule has 2 fully saturated rings. The summed E-state index contributed by atoms with van der Waals surface area (Å²) in [7, 11) is 0. The number of aromatic hydroxyl groups is 2. The van der Waals surface area contributed by atoms with Gasteiger partial charge in [-0.15, -0.1) is 0 Å². The van der Waals surface area contributed by atoms with Gasteiger partial charge in [0.2, 0.25) is 0 Å². The summed E-state index contributed by atoms with van der Waals surface area (Å²) in [5.41, 5.74) is 13.5. The Morgan fingerprint density at radius 1 is 0.397 bits per heavy atom.